The molecule has 0 amide bonds. The van der Waals surface area contributed by atoms with E-state index in [1.54, 1.807) is 0 Å². The van der Waals surface area contributed by atoms with Gasteiger partial charge in [-0.05, 0) is 0 Å². The minimum Gasteiger partial charge on any atom is -0.481 e. The second kappa shape index (κ2) is 12.2. The van der Waals surface area contributed by atoms with Gasteiger partial charge >= 0.3 is 24.8 Å². The molecule has 0 radical (unpaired) electrons. The average molecular weight is 203 g/mol. The van der Waals surface area contributed by atoms with Crippen LogP contribution in [0, 0.1) is 5.92 Å². The van der Waals surface area contributed by atoms with E-state index < -0.39 is 5.97 Å². The van der Waals surface area contributed by atoms with Gasteiger partial charge in [0.05, 0.1) is 0 Å². The molecule has 56 valence electrons. The predicted octanol–water partition coefficient (Wildman–Crippen LogP) is -0.910. The van der Waals surface area contributed by atoms with Crippen molar-refractivity contribution >= 4 is 21.9 Å². The molecular formula is C6H12BrLiO2. The van der Waals surface area contributed by atoms with Gasteiger partial charge < -0.3 is 11.0 Å². The monoisotopic (exact) mass is 202 g/mol. The number of carboxylic acid groups (broad SMARTS) is 1. The van der Waals surface area contributed by atoms with Gasteiger partial charge in [0.25, 0.3) is 0 Å². The molecule has 0 aromatic rings. The second-order valence-corrected chi connectivity index (χ2v) is 2.59. The summed E-state index contributed by atoms with van der Waals surface area (Å²) >= 11 is 2.71. The van der Waals surface area contributed by atoms with Crippen molar-refractivity contribution in [1.82, 2.24) is 0 Å². The van der Waals surface area contributed by atoms with Crippen LogP contribution in [0.2, 0.25) is 0 Å². The summed E-state index contributed by atoms with van der Waals surface area (Å²) in [6.45, 7) is 6.25. The number of carbonyl (C=O) groups is 1. The fourth-order valence-electron chi connectivity index (χ4n) is 0. The Morgan fingerprint density at radius 3 is 1.60 bits per heavy atom. The Morgan fingerprint density at radius 2 is 1.60 bits per heavy atom. The molecule has 0 saturated heterocycles. The third-order valence-electron chi connectivity index (χ3n) is 0.114. The van der Waals surface area contributed by atoms with Gasteiger partial charge in [0.1, 0.15) is 5.33 Å². The van der Waals surface area contributed by atoms with Crippen LogP contribution in [0.25, 0.3) is 0 Å². The molecule has 0 bridgehead atoms. The first kappa shape index (κ1) is 16.9. The van der Waals surface area contributed by atoms with Crippen LogP contribution in [0.1, 0.15) is 20.8 Å². The van der Waals surface area contributed by atoms with Crippen LogP contribution in [0.5, 0.6) is 0 Å². The van der Waals surface area contributed by atoms with Crippen molar-refractivity contribution in [3.05, 3.63) is 5.92 Å². The topological polar surface area (TPSA) is 37.3 Å². The molecule has 0 unspecified atom stereocenters. The minimum absolute atomic E-state index is 0. The molecule has 0 aliphatic carbocycles. The van der Waals surface area contributed by atoms with Gasteiger partial charge in [-0.3, -0.25) is 4.79 Å². The molecule has 0 saturated carbocycles. The normalized spacial score (nSPS) is 7.30. The first-order valence-corrected chi connectivity index (χ1v) is 3.67. The van der Waals surface area contributed by atoms with Crippen LogP contribution in [0.4, 0.5) is 0 Å². The number of hydrogen-bond donors (Lipinski definition) is 1. The standard InChI is InChI=1S/C4H9.C2H3BrO2.Li/c1-4(2)3;3-1-2(4)5;/h1-3H3;1H2,(H,4,5);/q-1;;+1. The molecule has 0 spiro atoms. The maximum absolute atomic E-state index is 9.32. The van der Waals surface area contributed by atoms with E-state index in [9.17, 15) is 4.79 Å². The molecule has 0 aromatic heterocycles. The zero-order chi connectivity index (χ0) is 7.86. The van der Waals surface area contributed by atoms with Crippen LogP contribution < -0.4 is 18.9 Å². The SMILES string of the molecule is C[C-](C)C.O=C(O)CBr.[Li+]. The van der Waals surface area contributed by atoms with E-state index in [1.807, 2.05) is 0 Å². The molecule has 0 aliphatic rings. The van der Waals surface area contributed by atoms with E-state index in [2.05, 4.69) is 36.7 Å². The van der Waals surface area contributed by atoms with Gasteiger partial charge in [-0.25, -0.2) is 0 Å². The molecule has 1 N–H and O–H groups in total. The number of aliphatic carboxylic acids is 1. The Kier molecular flexibility index (Phi) is 20.7. The van der Waals surface area contributed by atoms with E-state index in [1.165, 1.54) is 5.92 Å². The first-order chi connectivity index (χ1) is 4.00. The van der Waals surface area contributed by atoms with Crippen molar-refractivity contribution in [1.29, 1.82) is 0 Å². The summed E-state index contributed by atoms with van der Waals surface area (Å²) in [6.07, 6.45) is 0. The summed E-state index contributed by atoms with van der Waals surface area (Å²) in [6, 6.07) is 0. The molecule has 0 fully saturated rings. The molecule has 0 atom stereocenters. The minimum atomic E-state index is -0.829. The average Bonchev–Trinajstić information content (AvgIpc) is 1.65. The van der Waals surface area contributed by atoms with Crippen LogP contribution in [-0.4, -0.2) is 16.4 Å². The summed E-state index contributed by atoms with van der Waals surface area (Å²) in [7, 11) is 0. The third-order valence-corrected chi connectivity index (χ3v) is 0.594. The van der Waals surface area contributed by atoms with Crippen molar-refractivity contribution in [2.75, 3.05) is 5.33 Å². The van der Waals surface area contributed by atoms with Crippen molar-refractivity contribution in [3.63, 3.8) is 0 Å². The maximum atomic E-state index is 9.32. The number of rotatable bonds is 1. The van der Waals surface area contributed by atoms with Gasteiger partial charge in [-0.2, -0.15) is 20.8 Å². The third kappa shape index (κ3) is 75.0. The van der Waals surface area contributed by atoms with E-state index in [4.69, 9.17) is 5.11 Å². The predicted molar refractivity (Wildman–Crippen MR) is 41.7 cm³/mol. The van der Waals surface area contributed by atoms with Crippen LogP contribution in [0.3, 0.4) is 0 Å². The van der Waals surface area contributed by atoms with Gasteiger partial charge in [0, 0.05) is 0 Å². The molecule has 0 heterocycles. The van der Waals surface area contributed by atoms with E-state index in [-0.39, 0.29) is 24.2 Å². The van der Waals surface area contributed by atoms with Crippen LogP contribution >= 0.6 is 15.9 Å². The zero-order valence-corrected chi connectivity index (χ0v) is 8.53. The number of alkyl halides is 1. The van der Waals surface area contributed by atoms with Gasteiger partial charge in [-0.15, -0.1) is 0 Å². The van der Waals surface area contributed by atoms with Crippen molar-refractivity contribution in [3.8, 4) is 0 Å². The van der Waals surface area contributed by atoms with E-state index in [0.29, 0.717) is 0 Å². The van der Waals surface area contributed by atoms with Crippen molar-refractivity contribution in [2.24, 2.45) is 0 Å². The summed E-state index contributed by atoms with van der Waals surface area (Å²) in [5.74, 6) is 0.588. The first-order valence-electron chi connectivity index (χ1n) is 2.55. The molecular weight excluding hydrogens is 191 g/mol. The largest absolute Gasteiger partial charge is 1.00 e. The molecule has 0 rings (SSSR count). The molecule has 4 heteroatoms. The zero-order valence-electron chi connectivity index (χ0n) is 6.94. The van der Waals surface area contributed by atoms with Crippen molar-refractivity contribution < 1.29 is 28.8 Å². The molecule has 0 aliphatic heterocycles. The Bertz CT molecular complexity index is 73.4. The molecule has 2 nitrogen and oxygen atoms in total. The van der Waals surface area contributed by atoms with E-state index >= 15 is 0 Å². The van der Waals surface area contributed by atoms with E-state index in [0.717, 1.165) is 0 Å². The van der Waals surface area contributed by atoms with Gasteiger partial charge in [0.2, 0.25) is 0 Å². The Balaban J connectivity index is -0.0000000910. The maximum Gasteiger partial charge on any atom is 1.00 e. The quantitative estimate of drug-likeness (QED) is 0.340. The summed E-state index contributed by atoms with van der Waals surface area (Å²) < 4.78 is 0. The number of halogens is 1. The fourth-order valence-corrected chi connectivity index (χ4v) is 0. The van der Waals surface area contributed by atoms with Crippen LogP contribution in [-0.2, 0) is 4.79 Å². The fraction of sp³-hybridized carbons (Fsp3) is 0.667. The summed E-state index contributed by atoms with van der Waals surface area (Å²) in [5.41, 5.74) is 0. The number of hydrogen-bond acceptors (Lipinski definition) is 1. The number of carboxylic acids is 1. The van der Waals surface area contributed by atoms with Gasteiger partial charge in [-0.1, -0.05) is 15.9 Å². The van der Waals surface area contributed by atoms with Crippen molar-refractivity contribution in [2.45, 2.75) is 20.8 Å². The smallest absolute Gasteiger partial charge is 0.481 e. The Morgan fingerprint density at radius 1 is 1.50 bits per heavy atom. The summed E-state index contributed by atoms with van der Waals surface area (Å²) in [4.78, 5) is 9.32. The van der Waals surface area contributed by atoms with Gasteiger partial charge in [0.15, 0.2) is 0 Å². The summed E-state index contributed by atoms with van der Waals surface area (Å²) in [5, 5.41) is 7.71. The Hall–Kier alpha value is 0.547. The van der Waals surface area contributed by atoms with Crippen LogP contribution in [0.15, 0.2) is 0 Å². The molecule has 10 heavy (non-hydrogen) atoms. The Labute approximate surface area is 82.7 Å². The second-order valence-electron chi connectivity index (χ2n) is 2.03. The molecule has 0 aromatic carbocycles.